The number of nitrogens with zero attached hydrogens (tertiary/aromatic N) is 2. The lowest BCUT2D eigenvalue weighted by Crippen LogP contribution is -2.37. The monoisotopic (exact) mass is 472 g/mol. The minimum absolute atomic E-state index is 0. The van der Waals surface area contributed by atoms with Crippen LogP contribution in [0.1, 0.15) is 29.3 Å². The Labute approximate surface area is 172 Å². The fourth-order valence-corrected chi connectivity index (χ4v) is 2.31. The van der Waals surface area contributed by atoms with Crippen molar-refractivity contribution in [2.75, 3.05) is 26.8 Å². The number of rotatable bonds is 9. The zero-order valence-electron chi connectivity index (χ0n) is 15.7. The van der Waals surface area contributed by atoms with Crippen LogP contribution in [-0.4, -0.2) is 37.7 Å². The van der Waals surface area contributed by atoms with Crippen molar-refractivity contribution in [2.24, 2.45) is 4.99 Å². The van der Waals surface area contributed by atoms with Crippen molar-refractivity contribution in [1.29, 1.82) is 0 Å². The SMILES string of the molecule is CN=C(NCCCOCCc1ccccc1)NCc1nc(C)c(C)o1.I. The Balaban J connectivity index is 0.00000338. The van der Waals surface area contributed by atoms with Gasteiger partial charge in [-0.2, -0.15) is 0 Å². The minimum Gasteiger partial charge on any atom is -0.444 e. The predicted octanol–water partition coefficient (Wildman–Crippen LogP) is 3.22. The third-order valence-electron chi connectivity index (χ3n) is 3.84. The van der Waals surface area contributed by atoms with E-state index < -0.39 is 0 Å². The third-order valence-corrected chi connectivity index (χ3v) is 3.84. The van der Waals surface area contributed by atoms with Crippen molar-refractivity contribution in [3.8, 4) is 0 Å². The number of hydrogen-bond acceptors (Lipinski definition) is 4. The number of benzene rings is 1. The smallest absolute Gasteiger partial charge is 0.214 e. The van der Waals surface area contributed by atoms with E-state index in [0.29, 0.717) is 12.4 Å². The molecular formula is C19H29IN4O2. The highest BCUT2D eigenvalue weighted by Gasteiger charge is 2.06. The van der Waals surface area contributed by atoms with Gasteiger partial charge in [0.1, 0.15) is 5.76 Å². The summed E-state index contributed by atoms with van der Waals surface area (Å²) in [5, 5.41) is 6.45. The van der Waals surface area contributed by atoms with Crippen LogP contribution in [0.2, 0.25) is 0 Å². The zero-order valence-corrected chi connectivity index (χ0v) is 18.1. The van der Waals surface area contributed by atoms with E-state index in [0.717, 1.165) is 50.0 Å². The minimum atomic E-state index is 0. The molecule has 7 heteroatoms. The van der Waals surface area contributed by atoms with E-state index in [9.17, 15) is 0 Å². The maximum atomic E-state index is 5.67. The average Bonchev–Trinajstić information content (AvgIpc) is 2.95. The second-order valence-electron chi connectivity index (χ2n) is 5.80. The van der Waals surface area contributed by atoms with Gasteiger partial charge in [0, 0.05) is 20.2 Å². The Morgan fingerprint density at radius 2 is 1.92 bits per heavy atom. The molecule has 0 fully saturated rings. The molecule has 0 bridgehead atoms. The first kappa shape index (κ1) is 22.4. The van der Waals surface area contributed by atoms with Gasteiger partial charge in [-0.25, -0.2) is 4.98 Å². The van der Waals surface area contributed by atoms with Crippen LogP contribution in [0.15, 0.2) is 39.7 Å². The van der Waals surface area contributed by atoms with Gasteiger partial charge in [-0.3, -0.25) is 4.99 Å². The van der Waals surface area contributed by atoms with Gasteiger partial charge >= 0.3 is 0 Å². The van der Waals surface area contributed by atoms with Crippen molar-refractivity contribution >= 4 is 29.9 Å². The Morgan fingerprint density at radius 3 is 2.58 bits per heavy atom. The predicted molar refractivity (Wildman–Crippen MR) is 115 cm³/mol. The second-order valence-corrected chi connectivity index (χ2v) is 5.80. The number of aryl methyl sites for hydroxylation is 2. The summed E-state index contributed by atoms with van der Waals surface area (Å²) in [6.07, 6.45) is 1.87. The molecule has 26 heavy (non-hydrogen) atoms. The van der Waals surface area contributed by atoms with Crippen molar-refractivity contribution in [3.63, 3.8) is 0 Å². The summed E-state index contributed by atoms with van der Waals surface area (Å²) in [4.78, 5) is 8.53. The maximum Gasteiger partial charge on any atom is 0.214 e. The summed E-state index contributed by atoms with van der Waals surface area (Å²) < 4.78 is 11.2. The second kappa shape index (κ2) is 12.7. The van der Waals surface area contributed by atoms with Crippen LogP contribution in [0, 0.1) is 13.8 Å². The molecule has 0 amide bonds. The molecule has 0 aliphatic rings. The van der Waals surface area contributed by atoms with E-state index in [2.05, 4.69) is 44.9 Å². The van der Waals surface area contributed by atoms with Gasteiger partial charge in [0.05, 0.1) is 18.8 Å². The van der Waals surface area contributed by atoms with E-state index in [1.165, 1.54) is 5.56 Å². The molecule has 0 spiro atoms. The van der Waals surface area contributed by atoms with Gasteiger partial charge < -0.3 is 19.8 Å². The first-order valence-electron chi connectivity index (χ1n) is 8.68. The highest BCUT2D eigenvalue weighted by atomic mass is 127. The highest BCUT2D eigenvalue weighted by Crippen LogP contribution is 2.07. The fraction of sp³-hybridized carbons (Fsp3) is 0.474. The number of aliphatic imine (C=N–C) groups is 1. The van der Waals surface area contributed by atoms with Crippen molar-refractivity contribution in [2.45, 2.75) is 33.2 Å². The van der Waals surface area contributed by atoms with Gasteiger partial charge in [0.2, 0.25) is 5.89 Å². The first-order valence-corrected chi connectivity index (χ1v) is 8.68. The molecule has 1 aromatic carbocycles. The van der Waals surface area contributed by atoms with Crippen LogP contribution in [0.25, 0.3) is 0 Å². The number of guanidine groups is 1. The summed E-state index contributed by atoms with van der Waals surface area (Å²) in [5.74, 6) is 2.26. The molecule has 0 aliphatic carbocycles. The number of ether oxygens (including phenoxy) is 1. The molecule has 0 aliphatic heterocycles. The summed E-state index contributed by atoms with van der Waals surface area (Å²) in [5.41, 5.74) is 2.23. The average molecular weight is 472 g/mol. The summed E-state index contributed by atoms with van der Waals surface area (Å²) in [6.45, 7) is 6.65. The van der Waals surface area contributed by atoms with Crippen LogP contribution in [-0.2, 0) is 17.7 Å². The molecule has 2 N–H and O–H groups in total. The lowest BCUT2D eigenvalue weighted by atomic mass is 10.2. The Hall–Kier alpha value is -1.61. The molecule has 0 atom stereocenters. The Morgan fingerprint density at radius 1 is 1.15 bits per heavy atom. The Kier molecular flexibility index (Phi) is 11.0. The van der Waals surface area contributed by atoms with Crippen LogP contribution in [0.5, 0.6) is 0 Å². The van der Waals surface area contributed by atoms with Crippen molar-refractivity contribution in [1.82, 2.24) is 15.6 Å². The first-order chi connectivity index (χ1) is 12.2. The zero-order chi connectivity index (χ0) is 17.9. The van der Waals surface area contributed by atoms with Crippen LogP contribution in [0.4, 0.5) is 0 Å². The van der Waals surface area contributed by atoms with Crippen molar-refractivity contribution in [3.05, 3.63) is 53.2 Å². The Bertz CT molecular complexity index is 639. The lowest BCUT2D eigenvalue weighted by molar-refractivity contribution is 0.135. The quantitative estimate of drug-likeness (QED) is 0.254. The third kappa shape index (κ3) is 8.18. The number of hydrogen-bond donors (Lipinski definition) is 2. The fourth-order valence-electron chi connectivity index (χ4n) is 2.31. The van der Waals surface area contributed by atoms with E-state index in [4.69, 9.17) is 9.15 Å². The molecule has 1 heterocycles. The van der Waals surface area contributed by atoms with Gasteiger partial charge in [0.25, 0.3) is 0 Å². The molecule has 2 aromatic rings. The lowest BCUT2D eigenvalue weighted by Gasteiger charge is -2.10. The van der Waals surface area contributed by atoms with Gasteiger partial charge in [-0.1, -0.05) is 30.3 Å². The van der Waals surface area contributed by atoms with Gasteiger partial charge in [0.15, 0.2) is 5.96 Å². The van der Waals surface area contributed by atoms with Gasteiger partial charge in [-0.15, -0.1) is 24.0 Å². The van der Waals surface area contributed by atoms with Crippen LogP contribution in [0.3, 0.4) is 0 Å². The molecule has 1 aromatic heterocycles. The summed E-state index contributed by atoms with van der Waals surface area (Å²) in [6, 6.07) is 10.4. The number of nitrogens with one attached hydrogen (secondary N) is 2. The number of aromatic nitrogens is 1. The highest BCUT2D eigenvalue weighted by molar-refractivity contribution is 14.0. The largest absolute Gasteiger partial charge is 0.444 e. The normalized spacial score (nSPS) is 11.1. The van der Waals surface area contributed by atoms with Gasteiger partial charge in [-0.05, 0) is 32.3 Å². The molecule has 0 saturated carbocycles. The van der Waals surface area contributed by atoms with E-state index >= 15 is 0 Å². The van der Waals surface area contributed by atoms with Crippen LogP contribution >= 0.6 is 24.0 Å². The molecule has 6 nitrogen and oxygen atoms in total. The topological polar surface area (TPSA) is 71.7 Å². The molecule has 144 valence electrons. The standard InChI is InChI=1S/C19H28N4O2.HI/c1-15-16(2)25-18(23-15)14-22-19(20-3)21-11-7-12-24-13-10-17-8-5-4-6-9-17;/h4-6,8-9H,7,10-14H2,1-3H3,(H2,20,21,22);1H. The molecule has 0 unspecified atom stereocenters. The molecule has 0 radical (unpaired) electrons. The summed E-state index contributed by atoms with van der Waals surface area (Å²) >= 11 is 0. The molecule has 0 saturated heterocycles. The maximum absolute atomic E-state index is 5.67. The van der Waals surface area contributed by atoms with E-state index in [1.807, 2.05) is 19.9 Å². The number of oxazole rings is 1. The molecule has 2 rings (SSSR count). The van der Waals surface area contributed by atoms with Crippen molar-refractivity contribution < 1.29 is 9.15 Å². The molecular weight excluding hydrogens is 443 g/mol. The van der Waals surface area contributed by atoms with E-state index in [-0.39, 0.29) is 24.0 Å². The number of halogens is 1. The summed E-state index contributed by atoms with van der Waals surface area (Å²) in [7, 11) is 1.75. The van der Waals surface area contributed by atoms with E-state index in [1.54, 1.807) is 7.05 Å². The van der Waals surface area contributed by atoms with Crippen LogP contribution < -0.4 is 10.6 Å².